The van der Waals surface area contributed by atoms with Crippen LogP contribution < -0.4 is 0 Å². The van der Waals surface area contributed by atoms with Gasteiger partial charge in [0.25, 0.3) is 0 Å². The first-order valence-electron chi connectivity index (χ1n) is 3.84. The second-order valence-corrected chi connectivity index (χ2v) is 2.92. The Morgan fingerprint density at radius 1 is 1.50 bits per heavy atom. The Morgan fingerprint density at radius 3 is 2.75 bits per heavy atom. The summed E-state index contributed by atoms with van der Waals surface area (Å²) in [5.41, 5.74) is 0. The molecule has 4 heteroatoms. The van der Waals surface area contributed by atoms with E-state index in [2.05, 4.69) is 10.2 Å². The first kappa shape index (κ1) is 9.26. The molecule has 12 heavy (non-hydrogen) atoms. The van der Waals surface area contributed by atoms with Gasteiger partial charge >= 0.3 is 0 Å². The van der Waals surface area contributed by atoms with E-state index in [4.69, 9.17) is 11.6 Å². The minimum absolute atomic E-state index is 0.646. The van der Waals surface area contributed by atoms with Gasteiger partial charge in [0.05, 0.1) is 0 Å². The molecular formula is C8H12ClN3. The van der Waals surface area contributed by atoms with Crippen molar-refractivity contribution in [1.82, 2.24) is 14.8 Å². The lowest BCUT2D eigenvalue weighted by Gasteiger charge is -1.93. The third-order valence-corrected chi connectivity index (χ3v) is 1.89. The van der Waals surface area contributed by atoms with Gasteiger partial charge < -0.3 is 4.57 Å². The number of allylic oxidation sites excluding steroid dienone is 1. The lowest BCUT2D eigenvalue weighted by molar-refractivity contribution is 0.848. The Kier molecular flexibility index (Phi) is 3.29. The van der Waals surface area contributed by atoms with Crippen LogP contribution in [0.15, 0.2) is 6.08 Å². The van der Waals surface area contributed by atoms with E-state index in [0.717, 1.165) is 18.1 Å². The summed E-state index contributed by atoms with van der Waals surface area (Å²) in [5, 5.41) is 7.89. The fourth-order valence-corrected chi connectivity index (χ4v) is 0.946. The van der Waals surface area contributed by atoms with Gasteiger partial charge in [0.15, 0.2) is 5.82 Å². The van der Waals surface area contributed by atoms with Crippen molar-refractivity contribution in [1.29, 1.82) is 0 Å². The van der Waals surface area contributed by atoms with Crippen LogP contribution in [0.4, 0.5) is 0 Å². The number of aromatic nitrogens is 3. The fraction of sp³-hybridized carbons (Fsp3) is 0.500. The van der Waals surface area contributed by atoms with Gasteiger partial charge in [-0.05, 0) is 19.4 Å². The average molecular weight is 186 g/mol. The largest absolute Gasteiger partial charge is 0.315 e. The molecule has 0 aliphatic carbocycles. The van der Waals surface area contributed by atoms with Crippen molar-refractivity contribution < 1.29 is 0 Å². The third kappa shape index (κ3) is 2.08. The molecule has 0 spiro atoms. The lowest BCUT2D eigenvalue weighted by Crippen LogP contribution is -1.93. The molecular weight excluding hydrogens is 174 g/mol. The molecule has 0 aromatic carbocycles. The Hall–Kier alpha value is -0.830. The van der Waals surface area contributed by atoms with Crippen molar-refractivity contribution in [2.24, 2.45) is 7.05 Å². The molecule has 0 fully saturated rings. The van der Waals surface area contributed by atoms with Crippen molar-refractivity contribution >= 4 is 17.7 Å². The van der Waals surface area contributed by atoms with E-state index in [1.54, 1.807) is 0 Å². The Morgan fingerprint density at radius 2 is 2.25 bits per heavy atom. The zero-order chi connectivity index (χ0) is 8.97. The van der Waals surface area contributed by atoms with Crippen LogP contribution in [0.2, 0.25) is 0 Å². The number of hydrogen-bond donors (Lipinski definition) is 0. The highest BCUT2D eigenvalue weighted by atomic mass is 35.5. The van der Waals surface area contributed by atoms with Crippen molar-refractivity contribution in [3.63, 3.8) is 0 Å². The topological polar surface area (TPSA) is 30.7 Å². The standard InChI is InChI=1S/C8H12ClN3/c1-7-10-11-8(12(7)2)5-3-4-6-9/h3,5H,4,6H2,1-2H3/b5-3+. The first-order chi connectivity index (χ1) is 5.75. The quantitative estimate of drug-likeness (QED) is 0.672. The summed E-state index contributed by atoms with van der Waals surface area (Å²) in [6, 6.07) is 0. The van der Waals surface area contributed by atoms with Crippen molar-refractivity contribution in [3.8, 4) is 0 Å². The van der Waals surface area contributed by atoms with Crippen molar-refractivity contribution in [3.05, 3.63) is 17.7 Å². The van der Waals surface area contributed by atoms with Gasteiger partial charge in [0.1, 0.15) is 5.82 Å². The van der Waals surface area contributed by atoms with Crippen LogP contribution >= 0.6 is 11.6 Å². The minimum Gasteiger partial charge on any atom is -0.315 e. The van der Waals surface area contributed by atoms with Gasteiger partial charge in [-0.3, -0.25) is 0 Å². The van der Waals surface area contributed by atoms with Crippen LogP contribution in [0.25, 0.3) is 6.08 Å². The summed E-state index contributed by atoms with van der Waals surface area (Å²) in [6.45, 7) is 1.92. The molecule has 1 rings (SSSR count). The number of hydrogen-bond acceptors (Lipinski definition) is 2. The molecule has 1 aromatic heterocycles. The van der Waals surface area contributed by atoms with E-state index >= 15 is 0 Å². The van der Waals surface area contributed by atoms with E-state index in [9.17, 15) is 0 Å². The van der Waals surface area contributed by atoms with Gasteiger partial charge in [-0.15, -0.1) is 21.8 Å². The predicted octanol–water partition coefficient (Wildman–Crippen LogP) is 1.77. The van der Waals surface area contributed by atoms with E-state index in [1.807, 2.05) is 30.7 Å². The normalized spacial score (nSPS) is 11.2. The molecule has 1 aromatic rings. The van der Waals surface area contributed by atoms with E-state index in [1.165, 1.54) is 0 Å². The number of alkyl halides is 1. The van der Waals surface area contributed by atoms with Gasteiger partial charge in [0.2, 0.25) is 0 Å². The van der Waals surface area contributed by atoms with Crippen LogP contribution in [0, 0.1) is 6.92 Å². The molecule has 0 saturated carbocycles. The second kappa shape index (κ2) is 4.26. The van der Waals surface area contributed by atoms with E-state index < -0.39 is 0 Å². The lowest BCUT2D eigenvalue weighted by atomic mass is 10.4. The first-order valence-corrected chi connectivity index (χ1v) is 4.37. The molecule has 0 unspecified atom stereocenters. The third-order valence-electron chi connectivity index (χ3n) is 1.67. The van der Waals surface area contributed by atoms with E-state index in [0.29, 0.717) is 5.88 Å². The Balaban J connectivity index is 2.69. The maximum Gasteiger partial charge on any atom is 0.156 e. The molecule has 0 amide bonds. The summed E-state index contributed by atoms with van der Waals surface area (Å²) >= 11 is 5.52. The SMILES string of the molecule is Cc1nnc(/C=C/CCCl)n1C. The Bertz CT molecular complexity index is 278. The summed E-state index contributed by atoms with van der Waals surface area (Å²) in [4.78, 5) is 0. The molecule has 0 saturated heterocycles. The summed E-state index contributed by atoms with van der Waals surface area (Å²) in [7, 11) is 1.94. The molecule has 0 N–H and O–H groups in total. The molecule has 0 aliphatic rings. The second-order valence-electron chi connectivity index (χ2n) is 2.54. The Labute approximate surface area is 77.1 Å². The number of rotatable bonds is 3. The predicted molar refractivity (Wildman–Crippen MR) is 50.1 cm³/mol. The van der Waals surface area contributed by atoms with Crippen LogP contribution in [0.5, 0.6) is 0 Å². The number of aryl methyl sites for hydroxylation is 1. The van der Waals surface area contributed by atoms with Crippen LogP contribution in [-0.4, -0.2) is 20.6 Å². The summed E-state index contributed by atoms with van der Waals surface area (Å²) in [5.74, 6) is 2.44. The maximum absolute atomic E-state index is 5.52. The zero-order valence-electron chi connectivity index (χ0n) is 7.29. The average Bonchev–Trinajstić information content (AvgIpc) is 2.36. The molecule has 66 valence electrons. The van der Waals surface area contributed by atoms with Crippen LogP contribution in [-0.2, 0) is 7.05 Å². The monoisotopic (exact) mass is 185 g/mol. The van der Waals surface area contributed by atoms with Crippen molar-refractivity contribution in [2.45, 2.75) is 13.3 Å². The van der Waals surface area contributed by atoms with Crippen LogP contribution in [0.3, 0.4) is 0 Å². The van der Waals surface area contributed by atoms with E-state index in [-0.39, 0.29) is 0 Å². The number of nitrogens with zero attached hydrogens (tertiary/aromatic N) is 3. The van der Waals surface area contributed by atoms with Gasteiger partial charge in [-0.1, -0.05) is 6.08 Å². The van der Waals surface area contributed by atoms with Gasteiger partial charge in [-0.25, -0.2) is 0 Å². The zero-order valence-corrected chi connectivity index (χ0v) is 8.04. The molecule has 0 atom stereocenters. The minimum atomic E-state index is 0.646. The van der Waals surface area contributed by atoms with Crippen LogP contribution in [0.1, 0.15) is 18.1 Å². The molecule has 1 heterocycles. The fourth-order valence-electron chi connectivity index (χ4n) is 0.820. The molecule has 0 aliphatic heterocycles. The highest BCUT2D eigenvalue weighted by Gasteiger charge is 1.98. The summed E-state index contributed by atoms with van der Waals surface area (Å²) < 4.78 is 1.94. The highest BCUT2D eigenvalue weighted by molar-refractivity contribution is 6.17. The molecule has 0 radical (unpaired) electrons. The maximum atomic E-state index is 5.52. The highest BCUT2D eigenvalue weighted by Crippen LogP contribution is 2.00. The molecule has 0 bridgehead atoms. The molecule has 3 nitrogen and oxygen atoms in total. The summed E-state index contributed by atoms with van der Waals surface area (Å²) in [6.07, 6.45) is 4.80. The smallest absolute Gasteiger partial charge is 0.156 e. The van der Waals surface area contributed by atoms with Gasteiger partial charge in [-0.2, -0.15) is 0 Å². The number of halogens is 1. The van der Waals surface area contributed by atoms with Gasteiger partial charge in [0, 0.05) is 12.9 Å². The van der Waals surface area contributed by atoms with Crippen molar-refractivity contribution in [2.75, 3.05) is 5.88 Å².